The maximum Gasteiger partial charge on any atom is 0.137 e. The van der Waals surface area contributed by atoms with Crippen molar-refractivity contribution in [1.82, 2.24) is 0 Å². The van der Waals surface area contributed by atoms with E-state index in [0.29, 0.717) is 12.2 Å². The topological polar surface area (TPSA) is 53.6 Å². The lowest BCUT2D eigenvalue weighted by Crippen LogP contribution is -2.16. The van der Waals surface area contributed by atoms with Crippen molar-refractivity contribution in [1.29, 1.82) is 0 Å². The zero-order chi connectivity index (χ0) is 9.14. The van der Waals surface area contributed by atoms with Gasteiger partial charge >= 0.3 is 0 Å². The minimum atomic E-state index is -0.899. The van der Waals surface area contributed by atoms with Gasteiger partial charge in [-0.25, -0.2) is 0 Å². The summed E-state index contributed by atoms with van der Waals surface area (Å²) in [4.78, 5) is 0. The fourth-order valence-corrected chi connectivity index (χ4v) is 1.03. The van der Waals surface area contributed by atoms with Crippen LogP contribution in [0.3, 0.4) is 0 Å². The van der Waals surface area contributed by atoms with Gasteiger partial charge in [-0.2, -0.15) is 0 Å². The van der Waals surface area contributed by atoms with Gasteiger partial charge in [-0.05, 0) is 25.5 Å². The SMILES string of the molecule is CCC(O)C(O)c1ccc(C)o1. The Morgan fingerprint density at radius 2 is 2.08 bits per heavy atom. The molecule has 0 radical (unpaired) electrons. The van der Waals surface area contributed by atoms with Gasteiger partial charge in [0.05, 0.1) is 6.10 Å². The Morgan fingerprint density at radius 1 is 1.42 bits per heavy atom. The van der Waals surface area contributed by atoms with Crippen LogP contribution in [-0.4, -0.2) is 16.3 Å². The highest BCUT2D eigenvalue weighted by atomic mass is 16.4. The lowest BCUT2D eigenvalue weighted by molar-refractivity contribution is 0.00337. The summed E-state index contributed by atoms with van der Waals surface area (Å²) in [6.07, 6.45) is -1.12. The number of aliphatic hydroxyl groups excluding tert-OH is 2. The third-order valence-corrected chi connectivity index (χ3v) is 1.84. The molecular formula is C9H14O3. The number of aliphatic hydroxyl groups is 2. The van der Waals surface area contributed by atoms with E-state index in [0.717, 1.165) is 5.76 Å². The average Bonchev–Trinajstić information content (AvgIpc) is 2.49. The second kappa shape index (κ2) is 3.74. The molecule has 0 fully saturated rings. The number of furan rings is 1. The second-order valence-electron chi connectivity index (χ2n) is 2.87. The number of aryl methyl sites for hydroxylation is 1. The highest BCUT2D eigenvalue weighted by molar-refractivity contribution is 5.08. The fraction of sp³-hybridized carbons (Fsp3) is 0.556. The largest absolute Gasteiger partial charge is 0.464 e. The maximum absolute atomic E-state index is 9.46. The molecule has 0 bridgehead atoms. The lowest BCUT2D eigenvalue weighted by atomic mass is 10.1. The Bertz CT molecular complexity index is 242. The first-order valence-corrected chi connectivity index (χ1v) is 4.07. The number of hydrogen-bond acceptors (Lipinski definition) is 3. The molecule has 2 atom stereocenters. The summed E-state index contributed by atoms with van der Waals surface area (Å²) in [5, 5.41) is 18.7. The number of hydrogen-bond donors (Lipinski definition) is 2. The van der Waals surface area contributed by atoms with E-state index < -0.39 is 12.2 Å². The van der Waals surface area contributed by atoms with Crippen molar-refractivity contribution in [3.63, 3.8) is 0 Å². The standard InChI is InChI=1S/C9H14O3/c1-3-7(10)9(11)8-5-4-6(2)12-8/h4-5,7,9-11H,3H2,1-2H3. The predicted molar refractivity (Wildman–Crippen MR) is 44.7 cm³/mol. The Morgan fingerprint density at radius 3 is 2.50 bits per heavy atom. The molecule has 0 saturated heterocycles. The van der Waals surface area contributed by atoms with E-state index in [2.05, 4.69) is 0 Å². The van der Waals surface area contributed by atoms with Gasteiger partial charge in [0.1, 0.15) is 17.6 Å². The third kappa shape index (κ3) is 1.87. The van der Waals surface area contributed by atoms with Gasteiger partial charge < -0.3 is 14.6 Å². The van der Waals surface area contributed by atoms with E-state index in [-0.39, 0.29) is 0 Å². The van der Waals surface area contributed by atoms with E-state index in [1.54, 1.807) is 19.1 Å². The average molecular weight is 170 g/mol. The molecule has 1 rings (SSSR count). The molecule has 3 nitrogen and oxygen atoms in total. The van der Waals surface area contributed by atoms with E-state index in [1.165, 1.54) is 0 Å². The van der Waals surface area contributed by atoms with Gasteiger partial charge in [0.15, 0.2) is 0 Å². The molecule has 0 aliphatic carbocycles. The van der Waals surface area contributed by atoms with Gasteiger partial charge in [0.25, 0.3) is 0 Å². The molecule has 0 aliphatic rings. The Kier molecular flexibility index (Phi) is 2.89. The van der Waals surface area contributed by atoms with Crippen molar-refractivity contribution >= 4 is 0 Å². The monoisotopic (exact) mass is 170 g/mol. The van der Waals surface area contributed by atoms with Crippen molar-refractivity contribution in [2.45, 2.75) is 32.5 Å². The Labute approximate surface area is 71.6 Å². The van der Waals surface area contributed by atoms with Crippen LogP contribution in [0, 0.1) is 6.92 Å². The van der Waals surface area contributed by atoms with Crippen molar-refractivity contribution in [2.24, 2.45) is 0 Å². The van der Waals surface area contributed by atoms with Gasteiger partial charge in [-0.15, -0.1) is 0 Å². The van der Waals surface area contributed by atoms with Crippen LogP contribution in [0.15, 0.2) is 16.5 Å². The van der Waals surface area contributed by atoms with Crippen molar-refractivity contribution < 1.29 is 14.6 Å². The first kappa shape index (κ1) is 9.29. The molecule has 1 heterocycles. The van der Waals surface area contributed by atoms with Crippen LogP contribution in [-0.2, 0) is 0 Å². The summed E-state index contributed by atoms with van der Waals surface area (Å²) in [5.74, 6) is 1.18. The smallest absolute Gasteiger partial charge is 0.137 e. The van der Waals surface area contributed by atoms with Crippen LogP contribution in [0.5, 0.6) is 0 Å². The van der Waals surface area contributed by atoms with Gasteiger partial charge in [-0.3, -0.25) is 0 Å². The zero-order valence-corrected chi connectivity index (χ0v) is 7.32. The summed E-state index contributed by atoms with van der Waals surface area (Å²) in [5.41, 5.74) is 0. The highest BCUT2D eigenvalue weighted by Gasteiger charge is 2.19. The first-order valence-electron chi connectivity index (χ1n) is 4.07. The molecule has 0 aliphatic heterocycles. The van der Waals surface area contributed by atoms with Crippen LogP contribution in [0.1, 0.15) is 31.0 Å². The highest BCUT2D eigenvalue weighted by Crippen LogP contribution is 2.20. The Balaban J connectivity index is 2.70. The molecule has 0 spiro atoms. The second-order valence-corrected chi connectivity index (χ2v) is 2.87. The predicted octanol–water partition coefficient (Wildman–Crippen LogP) is 1.39. The first-order chi connectivity index (χ1) is 5.65. The van der Waals surface area contributed by atoms with Gasteiger partial charge in [-0.1, -0.05) is 6.92 Å². The normalized spacial score (nSPS) is 16.0. The van der Waals surface area contributed by atoms with Crippen LogP contribution < -0.4 is 0 Å². The van der Waals surface area contributed by atoms with Gasteiger partial charge in [0, 0.05) is 0 Å². The summed E-state index contributed by atoms with van der Waals surface area (Å²) in [6.45, 7) is 3.61. The van der Waals surface area contributed by atoms with E-state index in [4.69, 9.17) is 4.42 Å². The number of rotatable bonds is 3. The van der Waals surface area contributed by atoms with Crippen LogP contribution in [0.25, 0.3) is 0 Å². The summed E-state index contributed by atoms with van der Waals surface area (Å²) in [6, 6.07) is 3.44. The summed E-state index contributed by atoms with van der Waals surface area (Å²) >= 11 is 0. The molecule has 1 aromatic heterocycles. The maximum atomic E-state index is 9.46. The Hall–Kier alpha value is -0.800. The van der Waals surface area contributed by atoms with E-state index in [9.17, 15) is 10.2 Å². The molecular weight excluding hydrogens is 156 g/mol. The summed E-state index contributed by atoms with van der Waals surface area (Å²) in [7, 11) is 0. The fourth-order valence-electron chi connectivity index (χ4n) is 1.03. The summed E-state index contributed by atoms with van der Waals surface area (Å²) < 4.78 is 5.16. The molecule has 12 heavy (non-hydrogen) atoms. The molecule has 0 aromatic carbocycles. The van der Waals surface area contributed by atoms with Crippen molar-refractivity contribution in [2.75, 3.05) is 0 Å². The van der Waals surface area contributed by atoms with Crippen LogP contribution in [0.4, 0.5) is 0 Å². The minimum Gasteiger partial charge on any atom is -0.464 e. The molecule has 1 aromatic rings. The molecule has 68 valence electrons. The van der Waals surface area contributed by atoms with Crippen LogP contribution >= 0.6 is 0 Å². The van der Waals surface area contributed by atoms with Crippen LogP contribution in [0.2, 0.25) is 0 Å². The van der Waals surface area contributed by atoms with Crippen molar-refractivity contribution in [3.05, 3.63) is 23.7 Å². The lowest BCUT2D eigenvalue weighted by Gasteiger charge is -2.12. The van der Waals surface area contributed by atoms with Crippen molar-refractivity contribution in [3.8, 4) is 0 Å². The molecule has 2 unspecified atom stereocenters. The third-order valence-electron chi connectivity index (χ3n) is 1.84. The minimum absolute atomic E-state index is 0.432. The van der Waals surface area contributed by atoms with Gasteiger partial charge in [0.2, 0.25) is 0 Å². The molecule has 2 N–H and O–H groups in total. The van der Waals surface area contributed by atoms with E-state index >= 15 is 0 Å². The molecule has 0 saturated carbocycles. The molecule has 3 heteroatoms. The quantitative estimate of drug-likeness (QED) is 0.720. The zero-order valence-electron chi connectivity index (χ0n) is 7.32. The molecule has 0 amide bonds. The van der Waals surface area contributed by atoms with E-state index in [1.807, 2.05) is 6.92 Å².